The van der Waals surface area contributed by atoms with Crippen molar-refractivity contribution in [2.45, 2.75) is 11.4 Å². The van der Waals surface area contributed by atoms with Crippen molar-refractivity contribution in [2.75, 3.05) is 25.2 Å². The fourth-order valence-electron chi connectivity index (χ4n) is 2.99. The van der Waals surface area contributed by atoms with Crippen LogP contribution < -0.4 is 16.8 Å². The van der Waals surface area contributed by atoms with Gasteiger partial charge in [0.25, 0.3) is 11.8 Å². The van der Waals surface area contributed by atoms with Crippen molar-refractivity contribution in [3.05, 3.63) is 34.5 Å². The van der Waals surface area contributed by atoms with Gasteiger partial charge in [-0.2, -0.15) is 0 Å². The van der Waals surface area contributed by atoms with Crippen LogP contribution in [-0.2, 0) is 24.0 Å². The zero-order chi connectivity index (χ0) is 23.4. The number of ether oxygens (including phenoxy) is 1. The third-order valence-electron chi connectivity index (χ3n) is 4.29. The van der Waals surface area contributed by atoms with Gasteiger partial charge in [-0.05, 0) is 11.6 Å². The highest BCUT2D eigenvalue weighted by molar-refractivity contribution is 8.00. The van der Waals surface area contributed by atoms with Crippen molar-refractivity contribution in [3.63, 3.8) is 0 Å². The Morgan fingerprint density at radius 2 is 2.22 bits per heavy atom. The molecule has 1 aromatic rings. The summed E-state index contributed by atoms with van der Waals surface area (Å²) in [5.41, 5.74) is 10.6. The molecule has 0 saturated carbocycles. The molecule has 13 nitrogen and oxygen atoms in total. The van der Waals surface area contributed by atoms with Gasteiger partial charge in [-0.15, -0.1) is 23.1 Å². The molecule has 2 atom stereocenters. The van der Waals surface area contributed by atoms with Gasteiger partial charge in [0.05, 0.1) is 0 Å². The lowest BCUT2D eigenvalue weighted by Crippen LogP contribution is -2.71. The first-order chi connectivity index (χ1) is 15.2. The van der Waals surface area contributed by atoms with Gasteiger partial charge in [0.2, 0.25) is 0 Å². The zero-order valence-electron chi connectivity index (χ0n) is 16.5. The van der Waals surface area contributed by atoms with E-state index >= 15 is 0 Å². The molecule has 15 heteroatoms. The predicted molar refractivity (Wildman–Crippen MR) is 114 cm³/mol. The third-order valence-corrected chi connectivity index (χ3v) is 6.27. The summed E-state index contributed by atoms with van der Waals surface area (Å²) in [5, 5.41) is 17.0. The van der Waals surface area contributed by atoms with Gasteiger partial charge in [0.1, 0.15) is 36.5 Å². The van der Waals surface area contributed by atoms with Crippen LogP contribution in [0.3, 0.4) is 0 Å². The maximum absolute atomic E-state index is 12.7. The molecule has 1 fully saturated rings. The molecule has 0 bridgehead atoms. The number of nitrogen functional groups attached to an aromatic ring is 1. The minimum absolute atomic E-state index is 0.144. The number of hydrogen-bond acceptors (Lipinski definition) is 11. The molecule has 2 unspecified atom stereocenters. The van der Waals surface area contributed by atoms with Crippen LogP contribution in [0.25, 0.3) is 0 Å². The molecule has 0 aliphatic carbocycles. The number of anilines is 1. The van der Waals surface area contributed by atoms with E-state index in [1.807, 2.05) is 0 Å². The second-order valence-corrected chi connectivity index (χ2v) is 8.26. The topological polar surface area (TPSA) is 200 Å². The van der Waals surface area contributed by atoms with Crippen LogP contribution in [0.15, 0.2) is 34.0 Å². The Bertz CT molecular complexity index is 1050. The van der Waals surface area contributed by atoms with E-state index < -0.39 is 35.3 Å². The molecule has 2 aliphatic heterocycles. The fraction of sp³-hybridized carbons (Fsp3) is 0.294. The minimum atomic E-state index is -1.30. The molecule has 1 aromatic heterocycles. The number of fused-ring (bicyclic) bond motifs is 1. The zero-order valence-corrected chi connectivity index (χ0v) is 18.1. The molecule has 170 valence electrons. The number of carbonyl (C=O) groups excluding carboxylic acids is 3. The second kappa shape index (κ2) is 9.69. The first-order valence-corrected chi connectivity index (χ1v) is 10.8. The maximum atomic E-state index is 12.7. The molecule has 6 N–H and O–H groups in total. The van der Waals surface area contributed by atoms with Crippen LogP contribution in [0.4, 0.5) is 9.93 Å². The van der Waals surface area contributed by atoms with Crippen LogP contribution >= 0.6 is 23.1 Å². The van der Waals surface area contributed by atoms with E-state index in [4.69, 9.17) is 16.3 Å². The molecule has 2 aliphatic rings. The Balaban J connectivity index is 1.75. The fourth-order valence-corrected chi connectivity index (χ4v) is 4.86. The second-order valence-electron chi connectivity index (χ2n) is 6.27. The lowest BCUT2D eigenvalue weighted by atomic mass is 10.0. The number of amides is 3. The molecule has 0 radical (unpaired) electrons. The Morgan fingerprint density at radius 3 is 2.81 bits per heavy atom. The number of aliphatic carboxylic acids is 1. The number of thioether (sulfide) groups is 1. The quantitative estimate of drug-likeness (QED) is 0.212. The Morgan fingerprint density at radius 1 is 1.47 bits per heavy atom. The molecule has 3 amide bonds. The number of aromatic nitrogens is 1. The van der Waals surface area contributed by atoms with Gasteiger partial charge >= 0.3 is 12.1 Å². The summed E-state index contributed by atoms with van der Waals surface area (Å²) in [7, 11) is 1.25. The van der Waals surface area contributed by atoms with Crippen molar-refractivity contribution in [2.24, 2.45) is 10.9 Å². The molecule has 3 heterocycles. The lowest BCUT2D eigenvalue weighted by molar-refractivity contribution is -0.150. The monoisotopic (exact) mass is 482 g/mol. The number of β-lactam (4-membered cyclic amide) rings is 1. The summed E-state index contributed by atoms with van der Waals surface area (Å²) >= 11 is 2.37. The molecule has 32 heavy (non-hydrogen) atoms. The van der Waals surface area contributed by atoms with E-state index in [0.29, 0.717) is 5.57 Å². The van der Waals surface area contributed by atoms with E-state index in [-0.39, 0.29) is 34.6 Å². The highest BCUT2D eigenvalue weighted by Crippen LogP contribution is 2.40. The van der Waals surface area contributed by atoms with E-state index in [9.17, 15) is 24.3 Å². The summed E-state index contributed by atoms with van der Waals surface area (Å²) in [6.45, 7) is -0.144. The number of carboxylic acid groups (broad SMARTS) is 1. The Kier molecular flexibility index (Phi) is 6.99. The molecule has 0 aromatic carbocycles. The lowest BCUT2D eigenvalue weighted by Gasteiger charge is -2.49. The van der Waals surface area contributed by atoms with E-state index in [1.165, 1.54) is 36.4 Å². The van der Waals surface area contributed by atoms with Crippen LogP contribution in [0.1, 0.15) is 5.69 Å². The number of nitrogens with one attached hydrogen (secondary N) is 1. The maximum Gasteiger partial charge on any atom is 0.404 e. The Hall–Kier alpha value is -3.59. The smallest absolute Gasteiger partial charge is 0.404 e. The van der Waals surface area contributed by atoms with Crippen molar-refractivity contribution in [1.82, 2.24) is 15.2 Å². The number of rotatable bonds is 8. The van der Waals surface area contributed by atoms with Gasteiger partial charge in [0, 0.05) is 11.1 Å². The van der Waals surface area contributed by atoms with Crippen LogP contribution in [0, 0.1) is 0 Å². The van der Waals surface area contributed by atoms with E-state index in [2.05, 4.69) is 20.2 Å². The van der Waals surface area contributed by atoms with Crippen molar-refractivity contribution in [3.8, 4) is 0 Å². The van der Waals surface area contributed by atoms with Crippen molar-refractivity contribution < 1.29 is 33.9 Å². The largest absolute Gasteiger partial charge is 0.477 e. The number of nitrogens with two attached hydrogens (primary N) is 2. The van der Waals surface area contributed by atoms with E-state index in [0.717, 1.165) is 16.2 Å². The highest BCUT2D eigenvalue weighted by Gasteiger charge is 2.54. The van der Waals surface area contributed by atoms with Crippen LogP contribution in [0.5, 0.6) is 0 Å². The molecule has 1 saturated heterocycles. The number of oxime groups is 1. The first kappa shape index (κ1) is 23.1. The average Bonchev–Trinajstić information content (AvgIpc) is 3.17. The number of thiazole rings is 1. The van der Waals surface area contributed by atoms with Gasteiger partial charge in [-0.3, -0.25) is 14.5 Å². The van der Waals surface area contributed by atoms with E-state index in [1.54, 1.807) is 0 Å². The molecular weight excluding hydrogens is 464 g/mol. The summed E-state index contributed by atoms with van der Waals surface area (Å²) in [4.78, 5) is 57.6. The van der Waals surface area contributed by atoms with Crippen LogP contribution in [0.2, 0.25) is 0 Å². The third kappa shape index (κ3) is 4.67. The van der Waals surface area contributed by atoms with Gasteiger partial charge in [0.15, 0.2) is 10.8 Å². The SMILES string of the molecule is CO/N=C(/C(=O)NC1C(=O)N2C(C(=O)O)=C(/C=C/COC(N)=O)CSC12)c1csc(N)n1. The van der Waals surface area contributed by atoms with Crippen molar-refractivity contribution in [1.29, 1.82) is 0 Å². The van der Waals surface area contributed by atoms with Gasteiger partial charge in [-0.25, -0.2) is 14.6 Å². The number of hydrogen-bond donors (Lipinski definition) is 4. The first-order valence-electron chi connectivity index (χ1n) is 8.87. The summed E-state index contributed by atoms with van der Waals surface area (Å²) in [6.07, 6.45) is 1.90. The summed E-state index contributed by atoms with van der Waals surface area (Å²) in [6, 6.07) is -0.969. The number of carbonyl (C=O) groups is 4. The highest BCUT2D eigenvalue weighted by atomic mass is 32.2. The van der Waals surface area contributed by atoms with Crippen molar-refractivity contribution >= 4 is 57.8 Å². The summed E-state index contributed by atoms with van der Waals surface area (Å²) in [5.74, 6) is -2.37. The average molecular weight is 483 g/mol. The number of allylic oxidation sites excluding steroid dienone is 1. The Labute approximate surface area is 189 Å². The standard InChI is InChI=1S/C17H18N6O7S2/c1-29-22-9(8-6-32-16(18)20-8)12(24)21-10-13(25)23-11(15(26)27)7(5-31-14(10)23)3-2-4-30-17(19)28/h2-3,6,10,14H,4-5H2,1H3,(H2,18,20)(H2,19,28)(H,21,24)(H,26,27)/b3-2+,22-9+. The minimum Gasteiger partial charge on any atom is -0.477 e. The van der Waals surface area contributed by atoms with Gasteiger partial charge < -0.3 is 31.5 Å². The number of primary amides is 1. The van der Waals surface area contributed by atoms with Gasteiger partial charge in [-0.1, -0.05) is 11.2 Å². The summed E-state index contributed by atoms with van der Waals surface area (Å²) < 4.78 is 4.57. The molecule has 0 spiro atoms. The molecule has 3 rings (SSSR count). The molecular formula is C17H18N6O7S2. The number of nitrogens with zero attached hydrogens (tertiary/aromatic N) is 3. The van der Waals surface area contributed by atoms with Crippen LogP contribution in [-0.4, -0.2) is 75.5 Å². The number of carboxylic acids is 1. The predicted octanol–water partition coefficient (Wildman–Crippen LogP) is -0.534. The normalized spacial score (nSPS) is 20.6.